The highest BCUT2D eigenvalue weighted by molar-refractivity contribution is 7.22. The molecule has 0 saturated carbocycles. The van der Waals surface area contributed by atoms with Crippen LogP contribution < -0.4 is 9.64 Å². The molecule has 0 unspecified atom stereocenters. The highest BCUT2D eigenvalue weighted by Crippen LogP contribution is 2.34. The van der Waals surface area contributed by atoms with Gasteiger partial charge >= 0.3 is 6.36 Å². The number of amides is 1. The monoisotopic (exact) mass is 437 g/mol. The van der Waals surface area contributed by atoms with Gasteiger partial charge in [0, 0.05) is 24.7 Å². The minimum Gasteiger partial charge on any atom is -0.406 e. The van der Waals surface area contributed by atoms with Crippen LogP contribution in [0.15, 0.2) is 36.4 Å². The maximum Gasteiger partial charge on any atom is 0.573 e. The molecule has 1 amide bonds. The second kappa shape index (κ2) is 8.61. The molecule has 30 heavy (non-hydrogen) atoms. The van der Waals surface area contributed by atoms with Gasteiger partial charge in [-0.25, -0.2) is 4.98 Å². The third kappa shape index (κ3) is 5.48. The van der Waals surface area contributed by atoms with E-state index >= 15 is 0 Å². The van der Waals surface area contributed by atoms with E-state index in [0.29, 0.717) is 34.0 Å². The molecule has 0 atom stereocenters. The van der Waals surface area contributed by atoms with Gasteiger partial charge in [0.15, 0.2) is 5.13 Å². The van der Waals surface area contributed by atoms with Crippen molar-refractivity contribution in [2.24, 2.45) is 0 Å². The summed E-state index contributed by atoms with van der Waals surface area (Å²) in [5.41, 5.74) is 3.01. The molecule has 0 aliphatic rings. The lowest BCUT2D eigenvalue weighted by molar-refractivity contribution is -0.274. The molecule has 0 aliphatic carbocycles. The van der Waals surface area contributed by atoms with Crippen LogP contribution in [0.3, 0.4) is 0 Å². The van der Waals surface area contributed by atoms with Gasteiger partial charge in [0.25, 0.3) is 5.91 Å². The Morgan fingerprint density at radius 3 is 2.33 bits per heavy atom. The smallest absolute Gasteiger partial charge is 0.406 e. The van der Waals surface area contributed by atoms with E-state index in [1.165, 1.54) is 18.2 Å². The molecule has 1 aromatic heterocycles. The highest BCUT2D eigenvalue weighted by Gasteiger charge is 2.31. The van der Waals surface area contributed by atoms with E-state index in [-0.39, 0.29) is 11.7 Å². The van der Waals surface area contributed by atoms with Crippen LogP contribution in [0.5, 0.6) is 5.75 Å². The topological polar surface area (TPSA) is 45.7 Å². The molecule has 0 bridgehead atoms. The predicted octanol–water partition coefficient (Wildman–Crippen LogP) is 5.02. The zero-order valence-corrected chi connectivity index (χ0v) is 17.9. The van der Waals surface area contributed by atoms with Crippen molar-refractivity contribution in [2.45, 2.75) is 20.2 Å². The molecular weight excluding hydrogens is 415 g/mol. The number of carbonyl (C=O) groups excluding carboxylic acids is 1. The average Bonchev–Trinajstić information content (AvgIpc) is 3.02. The number of anilines is 1. The van der Waals surface area contributed by atoms with E-state index in [9.17, 15) is 18.0 Å². The number of hydrogen-bond donors (Lipinski definition) is 0. The third-order valence-corrected chi connectivity index (χ3v) is 5.34. The first-order chi connectivity index (χ1) is 14.0. The molecule has 0 aliphatic heterocycles. The number of thiazole rings is 1. The van der Waals surface area contributed by atoms with Crippen LogP contribution in [-0.2, 0) is 0 Å². The van der Waals surface area contributed by atoms with E-state index in [0.717, 1.165) is 22.5 Å². The summed E-state index contributed by atoms with van der Waals surface area (Å²) in [7, 11) is 3.80. The number of alkyl halides is 3. The summed E-state index contributed by atoms with van der Waals surface area (Å²) >= 11 is 1.16. The average molecular weight is 437 g/mol. The molecule has 3 rings (SSSR count). The minimum absolute atomic E-state index is 0.200. The first kappa shape index (κ1) is 22.0. The van der Waals surface area contributed by atoms with Gasteiger partial charge in [-0.05, 0) is 52.2 Å². The van der Waals surface area contributed by atoms with Gasteiger partial charge in [-0.2, -0.15) is 0 Å². The maximum atomic E-state index is 13.3. The molecule has 9 heteroatoms. The van der Waals surface area contributed by atoms with Crippen molar-refractivity contribution in [2.75, 3.05) is 32.1 Å². The molecule has 0 saturated heterocycles. The van der Waals surface area contributed by atoms with Crippen LogP contribution in [0, 0.1) is 13.8 Å². The van der Waals surface area contributed by atoms with Crippen LogP contribution in [0.1, 0.15) is 21.5 Å². The Balaban J connectivity index is 1.98. The van der Waals surface area contributed by atoms with Crippen LogP contribution in [0.2, 0.25) is 0 Å². The van der Waals surface area contributed by atoms with Crippen molar-refractivity contribution in [3.63, 3.8) is 0 Å². The zero-order valence-electron chi connectivity index (χ0n) is 17.1. The number of ether oxygens (including phenoxy) is 1. The molecule has 3 aromatic rings. The van der Waals surface area contributed by atoms with E-state index in [1.54, 1.807) is 4.90 Å². The number of aryl methyl sites for hydroxylation is 2. The van der Waals surface area contributed by atoms with E-state index < -0.39 is 6.36 Å². The largest absolute Gasteiger partial charge is 0.573 e. The maximum absolute atomic E-state index is 13.3. The number of aromatic nitrogens is 1. The number of likely N-dealkylation sites (N-methyl/N-ethyl adjacent to an activating group) is 1. The van der Waals surface area contributed by atoms with E-state index in [4.69, 9.17) is 0 Å². The second-order valence-corrected chi connectivity index (χ2v) is 8.32. The molecule has 160 valence electrons. The summed E-state index contributed by atoms with van der Waals surface area (Å²) in [5, 5.41) is 0.431. The Morgan fingerprint density at radius 1 is 1.07 bits per heavy atom. The fourth-order valence-electron chi connectivity index (χ4n) is 3.04. The summed E-state index contributed by atoms with van der Waals surface area (Å²) in [6.45, 7) is 4.85. The SMILES string of the molecule is Cc1cc(C)cc(C(=O)N(CCN(C)C)c2nc3ccc(OC(F)(F)F)cc3s2)c1. The van der Waals surface area contributed by atoms with Gasteiger partial charge in [0.1, 0.15) is 5.75 Å². The minimum atomic E-state index is -4.77. The fraction of sp³-hybridized carbons (Fsp3) is 0.333. The lowest BCUT2D eigenvalue weighted by Crippen LogP contribution is -2.36. The van der Waals surface area contributed by atoms with Crippen molar-refractivity contribution in [3.05, 3.63) is 53.1 Å². The Bertz CT molecular complexity index is 1040. The van der Waals surface area contributed by atoms with Gasteiger partial charge in [0.05, 0.1) is 10.2 Å². The number of halogens is 3. The Morgan fingerprint density at radius 2 is 1.73 bits per heavy atom. The molecule has 5 nitrogen and oxygen atoms in total. The lowest BCUT2D eigenvalue weighted by Gasteiger charge is -2.22. The molecule has 0 radical (unpaired) electrons. The summed E-state index contributed by atoms with van der Waals surface area (Å²) in [4.78, 5) is 21.3. The zero-order chi connectivity index (χ0) is 22.1. The Hall–Kier alpha value is -2.65. The Kier molecular flexibility index (Phi) is 6.33. The van der Waals surface area contributed by atoms with Crippen molar-refractivity contribution in [1.29, 1.82) is 0 Å². The number of carbonyl (C=O) groups is 1. The third-order valence-electron chi connectivity index (χ3n) is 4.30. The number of nitrogens with zero attached hydrogens (tertiary/aromatic N) is 3. The lowest BCUT2D eigenvalue weighted by atomic mass is 10.1. The van der Waals surface area contributed by atoms with Crippen LogP contribution >= 0.6 is 11.3 Å². The predicted molar refractivity (Wildman–Crippen MR) is 112 cm³/mol. The first-order valence-corrected chi connectivity index (χ1v) is 10.0. The van der Waals surface area contributed by atoms with Crippen molar-refractivity contribution >= 4 is 32.6 Å². The second-order valence-electron chi connectivity index (χ2n) is 7.31. The van der Waals surface area contributed by atoms with E-state index in [2.05, 4.69) is 9.72 Å². The standard InChI is InChI=1S/C21H22F3N3O2S/c1-13-9-14(2)11-15(10-13)19(28)27(8-7-26(3)4)20-25-17-6-5-16(12-18(17)30-20)29-21(22,23)24/h5-6,9-12H,7-8H2,1-4H3. The van der Waals surface area contributed by atoms with Crippen molar-refractivity contribution < 1.29 is 22.7 Å². The van der Waals surface area contributed by atoms with Gasteiger partial charge in [-0.3, -0.25) is 9.69 Å². The number of hydrogen-bond acceptors (Lipinski definition) is 5. The molecule has 2 aromatic carbocycles. The summed E-state index contributed by atoms with van der Waals surface area (Å²) in [6.07, 6.45) is -4.77. The molecular formula is C21H22F3N3O2S. The summed E-state index contributed by atoms with van der Waals surface area (Å²) in [6, 6.07) is 9.59. The highest BCUT2D eigenvalue weighted by atomic mass is 32.1. The number of benzene rings is 2. The normalized spacial score (nSPS) is 11.9. The molecule has 0 N–H and O–H groups in total. The Labute approximate surface area is 176 Å². The molecule has 0 fully saturated rings. The fourth-order valence-corrected chi connectivity index (χ4v) is 4.06. The molecule has 0 spiro atoms. The number of rotatable bonds is 6. The van der Waals surface area contributed by atoms with E-state index in [1.807, 2.05) is 51.0 Å². The van der Waals surface area contributed by atoms with Gasteiger partial charge in [0.2, 0.25) is 0 Å². The molecule has 1 heterocycles. The summed E-state index contributed by atoms with van der Waals surface area (Å²) in [5.74, 6) is -0.514. The van der Waals surface area contributed by atoms with Crippen molar-refractivity contribution in [1.82, 2.24) is 9.88 Å². The van der Waals surface area contributed by atoms with Gasteiger partial charge in [-0.15, -0.1) is 13.2 Å². The van der Waals surface area contributed by atoms with Crippen LogP contribution in [0.4, 0.5) is 18.3 Å². The summed E-state index contributed by atoms with van der Waals surface area (Å²) < 4.78 is 42.1. The first-order valence-electron chi connectivity index (χ1n) is 9.23. The van der Waals surface area contributed by atoms with Crippen LogP contribution in [-0.4, -0.2) is 49.3 Å². The quantitative estimate of drug-likeness (QED) is 0.543. The van der Waals surface area contributed by atoms with Crippen LogP contribution in [0.25, 0.3) is 10.2 Å². The van der Waals surface area contributed by atoms with Crippen molar-refractivity contribution in [3.8, 4) is 5.75 Å². The van der Waals surface area contributed by atoms with Gasteiger partial charge in [-0.1, -0.05) is 28.5 Å². The van der Waals surface area contributed by atoms with Gasteiger partial charge < -0.3 is 9.64 Å². The number of fused-ring (bicyclic) bond motifs is 1.